The first-order valence-electron chi connectivity index (χ1n) is 8.44. The summed E-state index contributed by atoms with van der Waals surface area (Å²) in [7, 11) is 0. The number of nitriles is 2. The van der Waals surface area contributed by atoms with Crippen molar-refractivity contribution < 1.29 is 9.47 Å². The van der Waals surface area contributed by atoms with Crippen LogP contribution in [0.5, 0.6) is 17.2 Å². The van der Waals surface area contributed by atoms with Gasteiger partial charge in [-0.25, -0.2) is 4.79 Å². The smallest absolute Gasteiger partial charge is 0.328 e. The van der Waals surface area contributed by atoms with E-state index in [1.165, 1.54) is 35.0 Å². The van der Waals surface area contributed by atoms with E-state index >= 15 is 0 Å². The monoisotopic (exact) mass is 442 g/mol. The van der Waals surface area contributed by atoms with Gasteiger partial charge in [0.15, 0.2) is 11.5 Å². The minimum Gasteiger partial charge on any atom is -0.488 e. The molecule has 0 bridgehead atoms. The molecular weight excluding hydrogens is 431 g/mol. The van der Waals surface area contributed by atoms with Crippen molar-refractivity contribution >= 4 is 23.2 Å². The SMILES string of the molecule is N#Cc1cc(Cl)cc(Oc2ccc(C#N)cc2OCCn2cc(Cl)c(=O)[nH]c2=O)c1. The molecule has 0 atom stereocenters. The number of nitrogens with one attached hydrogen (secondary N) is 1. The molecule has 1 aromatic heterocycles. The van der Waals surface area contributed by atoms with Crippen LogP contribution in [0.1, 0.15) is 11.1 Å². The number of nitrogens with zero attached hydrogens (tertiary/aromatic N) is 3. The molecule has 3 aromatic rings. The Labute approximate surface area is 180 Å². The quantitative estimate of drug-likeness (QED) is 0.623. The number of H-pyrrole nitrogens is 1. The summed E-state index contributed by atoms with van der Waals surface area (Å²) in [4.78, 5) is 25.3. The summed E-state index contributed by atoms with van der Waals surface area (Å²) in [5.74, 6) is 0.848. The molecule has 30 heavy (non-hydrogen) atoms. The molecule has 150 valence electrons. The fraction of sp³-hybridized carbons (Fsp3) is 0.100. The number of rotatable bonds is 6. The normalized spacial score (nSPS) is 10.1. The molecule has 1 N–H and O–H groups in total. The fourth-order valence-electron chi connectivity index (χ4n) is 2.49. The summed E-state index contributed by atoms with van der Waals surface area (Å²) in [6, 6.07) is 13.1. The van der Waals surface area contributed by atoms with Gasteiger partial charge in [0.2, 0.25) is 0 Å². The molecule has 0 aliphatic carbocycles. The van der Waals surface area contributed by atoms with Crippen LogP contribution in [0.4, 0.5) is 0 Å². The molecule has 0 fully saturated rings. The van der Waals surface area contributed by atoms with Crippen LogP contribution in [0.25, 0.3) is 0 Å². The molecule has 0 saturated carbocycles. The predicted octanol–water partition coefficient (Wildman–Crippen LogP) is 3.46. The summed E-state index contributed by atoms with van der Waals surface area (Å²) in [5.41, 5.74) is -0.638. The lowest BCUT2D eigenvalue weighted by atomic mass is 10.2. The molecule has 8 nitrogen and oxygen atoms in total. The average molecular weight is 443 g/mol. The molecular formula is C20H12Cl2N4O4. The van der Waals surface area contributed by atoms with Crippen molar-refractivity contribution in [2.24, 2.45) is 0 Å². The van der Waals surface area contributed by atoms with E-state index < -0.39 is 11.2 Å². The Balaban J connectivity index is 1.82. The van der Waals surface area contributed by atoms with Crippen LogP contribution < -0.4 is 20.7 Å². The van der Waals surface area contributed by atoms with Crippen LogP contribution in [-0.4, -0.2) is 16.2 Å². The zero-order valence-corrected chi connectivity index (χ0v) is 16.7. The Hall–Kier alpha value is -3.72. The lowest BCUT2D eigenvalue weighted by Crippen LogP contribution is -2.31. The second-order valence-corrected chi connectivity index (χ2v) is 6.78. The molecule has 3 rings (SSSR count). The molecule has 0 spiro atoms. The zero-order chi connectivity index (χ0) is 21.7. The minimum atomic E-state index is -0.672. The number of hydrogen-bond donors (Lipinski definition) is 1. The van der Waals surface area contributed by atoms with Gasteiger partial charge >= 0.3 is 5.69 Å². The Bertz CT molecular complexity index is 1300. The van der Waals surface area contributed by atoms with Crippen LogP contribution >= 0.6 is 23.2 Å². The summed E-state index contributed by atoms with van der Waals surface area (Å²) < 4.78 is 12.7. The van der Waals surface area contributed by atoms with Crippen molar-refractivity contribution in [2.75, 3.05) is 6.61 Å². The van der Waals surface area contributed by atoms with Crippen LogP contribution in [-0.2, 0) is 6.54 Å². The number of benzene rings is 2. The van der Waals surface area contributed by atoms with Crippen LogP contribution in [0.3, 0.4) is 0 Å². The first-order chi connectivity index (χ1) is 14.4. The van der Waals surface area contributed by atoms with E-state index in [0.29, 0.717) is 21.9 Å². The number of hydrogen-bond acceptors (Lipinski definition) is 6. The molecule has 0 aliphatic rings. The highest BCUT2D eigenvalue weighted by Gasteiger charge is 2.11. The summed E-state index contributed by atoms with van der Waals surface area (Å²) in [5, 5.41) is 18.4. The number of aromatic amines is 1. The third-order valence-electron chi connectivity index (χ3n) is 3.86. The lowest BCUT2D eigenvalue weighted by molar-refractivity contribution is 0.283. The first kappa shape index (κ1) is 21.0. The zero-order valence-electron chi connectivity index (χ0n) is 15.2. The van der Waals surface area contributed by atoms with Gasteiger partial charge in [0, 0.05) is 17.3 Å². The van der Waals surface area contributed by atoms with Crippen LogP contribution in [0.2, 0.25) is 10.0 Å². The molecule has 10 heteroatoms. The van der Waals surface area contributed by atoms with Crippen molar-refractivity contribution in [1.82, 2.24) is 9.55 Å². The van der Waals surface area contributed by atoms with Crippen molar-refractivity contribution in [3.8, 4) is 29.4 Å². The highest BCUT2D eigenvalue weighted by Crippen LogP contribution is 2.34. The van der Waals surface area contributed by atoms with E-state index in [1.54, 1.807) is 12.1 Å². The third-order valence-corrected chi connectivity index (χ3v) is 4.35. The Morgan fingerprint density at radius 1 is 1.00 bits per heavy atom. The van der Waals surface area contributed by atoms with E-state index in [4.69, 9.17) is 43.2 Å². The van der Waals surface area contributed by atoms with Crippen molar-refractivity contribution in [2.45, 2.75) is 6.54 Å². The summed E-state index contributed by atoms with van der Waals surface area (Å²) in [6.07, 6.45) is 1.21. The van der Waals surface area contributed by atoms with E-state index in [2.05, 4.69) is 4.98 Å². The van der Waals surface area contributed by atoms with E-state index in [9.17, 15) is 9.59 Å². The topological polar surface area (TPSA) is 121 Å². The maximum atomic E-state index is 11.8. The number of halogens is 2. The summed E-state index contributed by atoms with van der Waals surface area (Å²) in [6.45, 7) is 0.105. The predicted molar refractivity (Wildman–Crippen MR) is 109 cm³/mol. The Morgan fingerprint density at radius 3 is 2.50 bits per heavy atom. The fourth-order valence-corrected chi connectivity index (χ4v) is 2.88. The first-order valence-corrected chi connectivity index (χ1v) is 9.20. The van der Waals surface area contributed by atoms with E-state index in [1.807, 2.05) is 12.1 Å². The Morgan fingerprint density at radius 2 is 1.77 bits per heavy atom. The largest absolute Gasteiger partial charge is 0.488 e. The van der Waals surface area contributed by atoms with Gasteiger partial charge in [-0.3, -0.25) is 14.3 Å². The number of aromatic nitrogens is 2. The van der Waals surface area contributed by atoms with Gasteiger partial charge in [-0.15, -0.1) is 0 Å². The van der Waals surface area contributed by atoms with Gasteiger partial charge in [0.1, 0.15) is 17.4 Å². The van der Waals surface area contributed by atoms with Gasteiger partial charge in [-0.1, -0.05) is 23.2 Å². The summed E-state index contributed by atoms with van der Waals surface area (Å²) >= 11 is 11.7. The highest BCUT2D eigenvalue weighted by atomic mass is 35.5. The molecule has 2 aromatic carbocycles. The van der Waals surface area contributed by atoms with Crippen LogP contribution in [0, 0.1) is 22.7 Å². The van der Waals surface area contributed by atoms with E-state index in [0.717, 1.165) is 0 Å². The van der Waals surface area contributed by atoms with Crippen LogP contribution in [0.15, 0.2) is 52.2 Å². The maximum Gasteiger partial charge on any atom is 0.328 e. The van der Waals surface area contributed by atoms with Gasteiger partial charge in [-0.2, -0.15) is 10.5 Å². The standard InChI is InChI=1S/C20H12Cl2N4O4/c21-14-5-13(10-24)6-15(8-14)30-17-2-1-12(9-23)7-18(17)29-4-3-26-11-16(22)19(27)25-20(26)28/h1-2,5-8,11H,3-4H2,(H,25,27,28). The highest BCUT2D eigenvalue weighted by molar-refractivity contribution is 6.30. The van der Waals surface area contributed by atoms with Crippen molar-refractivity contribution in [3.63, 3.8) is 0 Å². The number of ether oxygens (including phenoxy) is 2. The molecule has 0 unspecified atom stereocenters. The van der Waals surface area contributed by atoms with Gasteiger partial charge in [0.25, 0.3) is 5.56 Å². The minimum absolute atomic E-state index is 0.0203. The third kappa shape index (κ3) is 5.00. The molecule has 0 saturated heterocycles. The van der Waals surface area contributed by atoms with Gasteiger partial charge in [-0.05, 0) is 30.3 Å². The van der Waals surface area contributed by atoms with Crippen molar-refractivity contribution in [3.05, 3.63) is 84.6 Å². The molecule has 0 amide bonds. The second-order valence-electron chi connectivity index (χ2n) is 5.94. The lowest BCUT2D eigenvalue weighted by Gasteiger charge is -2.14. The average Bonchev–Trinajstić information content (AvgIpc) is 2.72. The molecule has 0 radical (unpaired) electrons. The van der Waals surface area contributed by atoms with Gasteiger partial charge < -0.3 is 9.47 Å². The second kappa shape index (κ2) is 9.19. The molecule has 1 heterocycles. The van der Waals surface area contributed by atoms with Crippen molar-refractivity contribution in [1.29, 1.82) is 10.5 Å². The molecule has 0 aliphatic heterocycles. The van der Waals surface area contributed by atoms with E-state index in [-0.39, 0.29) is 29.7 Å². The maximum absolute atomic E-state index is 11.8. The Kier molecular flexibility index (Phi) is 6.43. The van der Waals surface area contributed by atoms with Gasteiger partial charge in [0.05, 0.1) is 29.8 Å².